The van der Waals surface area contributed by atoms with Crippen molar-refractivity contribution in [1.82, 2.24) is 5.32 Å². The first-order chi connectivity index (χ1) is 9.25. The minimum Gasteiger partial charge on any atom is -0.480 e. The van der Waals surface area contributed by atoms with Crippen LogP contribution >= 0.6 is 0 Å². The van der Waals surface area contributed by atoms with Crippen LogP contribution in [0, 0.1) is 17.3 Å². The summed E-state index contributed by atoms with van der Waals surface area (Å²) in [5.41, 5.74) is 0.266. The van der Waals surface area contributed by atoms with Gasteiger partial charge in [0, 0.05) is 18.9 Å². The van der Waals surface area contributed by atoms with Crippen molar-refractivity contribution in [1.29, 1.82) is 0 Å². The highest BCUT2D eigenvalue weighted by Gasteiger charge is 2.33. The molecule has 1 fully saturated rings. The Kier molecular flexibility index (Phi) is 5.99. The number of hydrogen-bond donors (Lipinski definition) is 3. The summed E-state index contributed by atoms with van der Waals surface area (Å²) in [7, 11) is 0. The van der Waals surface area contributed by atoms with E-state index in [1.54, 1.807) is 0 Å². The summed E-state index contributed by atoms with van der Waals surface area (Å²) in [4.78, 5) is 23.1. The first-order valence-corrected chi connectivity index (χ1v) is 7.39. The smallest absolute Gasteiger partial charge is 0.326 e. The van der Waals surface area contributed by atoms with Gasteiger partial charge < -0.3 is 15.5 Å². The van der Waals surface area contributed by atoms with Gasteiger partial charge in [-0.3, -0.25) is 4.79 Å². The Hall–Kier alpha value is -1.10. The molecule has 116 valence electrons. The molecule has 0 bridgehead atoms. The lowest BCUT2D eigenvalue weighted by molar-refractivity contribution is -0.143. The van der Waals surface area contributed by atoms with E-state index in [1.165, 1.54) is 0 Å². The Morgan fingerprint density at radius 2 is 1.75 bits per heavy atom. The third-order valence-electron chi connectivity index (χ3n) is 4.36. The lowest BCUT2D eigenvalue weighted by atomic mass is 9.69. The number of carbonyl (C=O) groups is 2. The summed E-state index contributed by atoms with van der Waals surface area (Å²) in [5, 5.41) is 20.3. The van der Waals surface area contributed by atoms with Gasteiger partial charge in [-0.15, -0.1) is 0 Å². The zero-order valence-electron chi connectivity index (χ0n) is 12.7. The van der Waals surface area contributed by atoms with E-state index < -0.39 is 12.0 Å². The maximum atomic E-state index is 12.1. The zero-order valence-corrected chi connectivity index (χ0v) is 12.7. The highest BCUT2D eigenvalue weighted by atomic mass is 16.4. The van der Waals surface area contributed by atoms with E-state index in [0.717, 1.165) is 25.7 Å². The van der Waals surface area contributed by atoms with Crippen LogP contribution in [-0.4, -0.2) is 34.7 Å². The van der Waals surface area contributed by atoms with E-state index in [9.17, 15) is 9.59 Å². The van der Waals surface area contributed by atoms with Crippen LogP contribution in [0.4, 0.5) is 0 Å². The van der Waals surface area contributed by atoms with Crippen LogP contribution in [0.2, 0.25) is 0 Å². The van der Waals surface area contributed by atoms with Gasteiger partial charge in [-0.25, -0.2) is 4.79 Å². The first-order valence-electron chi connectivity index (χ1n) is 7.39. The van der Waals surface area contributed by atoms with E-state index in [2.05, 4.69) is 26.1 Å². The Morgan fingerprint density at radius 1 is 1.20 bits per heavy atom. The molecule has 1 unspecified atom stereocenters. The Balaban J connectivity index is 2.48. The molecule has 0 aromatic carbocycles. The van der Waals surface area contributed by atoms with Crippen molar-refractivity contribution in [3.63, 3.8) is 0 Å². The summed E-state index contributed by atoms with van der Waals surface area (Å²) in [5.74, 6) is -0.734. The Bertz CT molecular complexity index is 340. The third kappa shape index (κ3) is 4.78. The summed E-state index contributed by atoms with van der Waals surface area (Å²) in [6, 6.07) is -0.979. The number of carboxylic acid groups (broad SMARTS) is 1. The van der Waals surface area contributed by atoms with Crippen LogP contribution in [0.15, 0.2) is 0 Å². The zero-order chi connectivity index (χ0) is 15.3. The van der Waals surface area contributed by atoms with Crippen LogP contribution < -0.4 is 5.32 Å². The second-order valence-electron chi connectivity index (χ2n) is 6.83. The number of aliphatic hydroxyl groups excluding tert-OH is 1. The van der Waals surface area contributed by atoms with Crippen molar-refractivity contribution < 1.29 is 19.8 Å². The number of nitrogens with one attached hydrogen (secondary N) is 1. The van der Waals surface area contributed by atoms with Crippen molar-refractivity contribution in [3.05, 3.63) is 0 Å². The van der Waals surface area contributed by atoms with Crippen molar-refractivity contribution in [2.45, 2.75) is 58.9 Å². The Morgan fingerprint density at radius 3 is 2.15 bits per heavy atom. The second-order valence-corrected chi connectivity index (χ2v) is 6.83. The largest absolute Gasteiger partial charge is 0.480 e. The number of rotatable bonds is 5. The molecule has 0 aromatic rings. The van der Waals surface area contributed by atoms with Crippen LogP contribution in [0.25, 0.3) is 0 Å². The molecule has 0 heterocycles. The second kappa shape index (κ2) is 7.07. The molecular formula is C15H27NO4. The van der Waals surface area contributed by atoms with Crippen LogP contribution in [-0.2, 0) is 9.59 Å². The minimum atomic E-state index is -1.09. The van der Waals surface area contributed by atoms with E-state index in [1.807, 2.05) is 0 Å². The van der Waals surface area contributed by atoms with Gasteiger partial charge in [-0.1, -0.05) is 20.8 Å². The molecule has 1 aliphatic carbocycles. The highest BCUT2D eigenvalue weighted by molar-refractivity contribution is 5.85. The molecule has 3 N–H and O–H groups in total. The van der Waals surface area contributed by atoms with Crippen molar-refractivity contribution in [2.75, 3.05) is 6.61 Å². The lowest BCUT2D eigenvalue weighted by Gasteiger charge is -2.36. The summed E-state index contributed by atoms with van der Waals surface area (Å²) < 4.78 is 0. The van der Waals surface area contributed by atoms with Crippen molar-refractivity contribution in [3.8, 4) is 0 Å². The quantitative estimate of drug-likeness (QED) is 0.718. The molecule has 0 saturated heterocycles. The van der Waals surface area contributed by atoms with E-state index >= 15 is 0 Å². The predicted molar refractivity (Wildman–Crippen MR) is 76.2 cm³/mol. The average molecular weight is 285 g/mol. The molecule has 0 aliphatic heterocycles. The molecule has 1 rings (SSSR count). The molecule has 1 aliphatic rings. The maximum absolute atomic E-state index is 12.1. The highest BCUT2D eigenvalue weighted by Crippen LogP contribution is 2.39. The fourth-order valence-electron chi connectivity index (χ4n) is 2.90. The predicted octanol–water partition coefficient (Wildman–Crippen LogP) is 1.79. The first kappa shape index (κ1) is 17.0. The number of carbonyl (C=O) groups excluding carboxylic acids is 1. The molecule has 1 atom stereocenters. The van der Waals surface area contributed by atoms with Gasteiger partial charge in [0.1, 0.15) is 6.04 Å². The minimum absolute atomic E-state index is 0.0540. The van der Waals surface area contributed by atoms with E-state index in [0.29, 0.717) is 5.92 Å². The molecular weight excluding hydrogens is 258 g/mol. The van der Waals surface area contributed by atoms with Gasteiger partial charge >= 0.3 is 5.97 Å². The van der Waals surface area contributed by atoms with Gasteiger partial charge in [0.15, 0.2) is 0 Å². The standard InChI is InChI=1S/C15H27NO4/c1-15(2,3)11-6-4-10(5-7-11)13(18)16-12(8-9-17)14(19)20/h10-12,17H,4-9H2,1-3H3,(H,16,18)(H,19,20). The SMILES string of the molecule is CC(C)(C)C1CCC(C(=O)NC(CCO)C(=O)O)CC1. The number of aliphatic carboxylic acids is 1. The van der Waals surface area contributed by atoms with Crippen molar-refractivity contribution in [2.24, 2.45) is 17.3 Å². The van der Waals surface area contributed by atoms with Gasteiger partial charge in [0.25, 0.3) is 0 Å². The monoisotopic (exact) mass is 285 g/mol. The average Bonchev–Trinajstić information content (AvgIpc) is 2.37. The fourth-order valence-corrected chi connectivity index (χ4v) is 2.90. The molecule has 1 saturated carbocycles. The van der Waals surface area contributed by atoms with Gasteiger partial charge in [-0.2, -0.15) is 0 Å². The number of amides is 1. The molecule has 0 spiro atoms. The molecule has 5 heteroatoms. The van der Waals surface area contributed by atoms with Gasteiger partial charge in [0.2, 0.25) is 5.91 Å². The molecule has 0 radical (unpaired) electrons. The summed E-state index contributed by atoms with van der Waals surface area (Å²) in [6.07, 6.45) is 3.72. The van der Waals surface area contributed by atoms with E-state index in [-0.39, 0.29) is 30.3 Å². The van der Waals surface area contributed by atoms with Crippen molar-refractivity contribution >= 4 is 11.9 Å². The van der Waals surface area contributed by atoms with Gasteiger partial charge in [-0.05, 0) is 37.0 Å². The van der Waals surface area contributed by atoms with E-state index in [4.69, 9.17) is 10.2 Å². The number of hydrogen-bond acceptors (Lipinski definition) is 3. The molecule has 0 aromatic heterocycles. The summed E-state index contributed by atoms with van der Waals surface area (Å²) >= 11 is 0. The lowest BCUT2D eigenvalue weighted by Crippen LogP contribution is -2.45. The molecule has 1 amide bonds. The number of aliphatic hydroxyl groups is 1. The number of carboxylic acids is 1. The van der Waals surface area contributed by atoms with Crippen LogP contribution in [0.3, 0.4) is 0 Å². The normalized spacial score (nSPS) is 25.0. The maximum Gasteiger partial charge on any atom is 0.326 e. The van der Waals surface area contributed by atoms with Crippen LogP contribution in [0.5, 0.6) is 0 Å². The fraction of sp³-hybridized carbons (Fsp3) is 0.867. The molecule has 20 heavy (non-hydrogen) atoms. The summed E-state index contributed by atoms with van der Waals surface area (Å²) in [6.45, 7) is 6.42. The topological polar surface area (TPSA) is 86.6 Å². The van der Waals surface area contributed by atoms with Gasteiger partial charge in [0.05, 0.1) is 0 Å². The Labute approximate surface area is 120 Å². The third-order valence-corrected chi connectivity index (χ3v) is 4.36. The molecule has 5 nitrogen and oxygen atoms in total. The van der Waals surface area contributed by atoms with Crippen LogP contribution in [0.1, 0.15) is 52.9 Å².